The van der Waals surface area contributed by atoms with Gasteiger partial charge in [-0.15, -0.1) is 0 Å². The van der Waals surface area contributed by atoms with Gasteiger partial charge in [-0.05, 0) is 54.7 Å². The van der Waals surface area contributed by atoms with Crippen LogP contribution in [-0.2, 0) is 17.5 Å². The molecule has 0 aromatic heterocycles. The predicted octanol–water partition coefficient (Wildman–Crippen LogP) is 5.64. The second-order valence-electron chi connectivity index (χ2n) is 7.92. The van der Waals surface area contributed by atoms with Crippen molar-refractivity contribution >= 4 is 17.9 Å². The molecule has 0 spiro atoms. The van der Waals surface area contributed by atoms with Crippen LogP contribution < -0.4 is 4.90 Å². The number of piperidine rings is 1. The average Bonchev–Trinajstić information content (AvgIpc) is 2.77. The third-order valence-corrected chi connectivity index (χ3v) is 5.68. The molecular formula is C23H25F3N2O4. The smallest absolute Gasteiger partial charge is 0.416 e. The summed E-state index contributed by atoms with van der Waals surface area (Å²) in [5.74, 6) is 0.0314. The predicted molar refractivity (Wildman–Crippen MR) is 113 cm³/mol. The minimum absolute atomic E-state index is 0.0314. The molecule has 1 unspecified atom stereocenters. The molecule has 1 atom stereocenters. The lowest BCUT2D eigenvalue weighted by Crippen LogP contribution is -2.39. The molecule has 9 heteroatoms. The van der Waals surface area contributed by atoms with Gasteiger partial charge >= 0.3 is 18.4 Å². The Morgan fingerprint density at radius 3 is 2.50 bits per heavy atom. The normalized spacial score (nSPS) is 16.5. The lowest BCUT2D eigenvalue weighted by atomic mass is 9.89. The van der Waals surface area contributed by atoms with Gasteiger partial charge in [0.2, 0.25) is 0 Å². The van der Waals surface area contributed by atoms with Crippen LogP contribution in [0.3, 0.4) is 0 Å². The molecule has 2 aromatic rings. The van der Waals surface area contributed by atoms with E-state index in [2.05, 4.69) is 0 Å². The Kier molecular flexibility index (Phi) is 6.96. The maximum absolute atomic E-state index is 12.7. The van der Waals surface area contributed by atoms with Crippen molar-refractivity contribution in [3.05, 3.63) is 64.7 Å². The molecule has 0 aliphatic carbocycles. The first-order valence-electron chi connectivity index (χ1n) is 10.2. The molecule has 1 fully saturated rings. The zero-order valence-corrected chi connectivity index (χ0v) is 17.9. The van der Waals surface area contributed by atoms with Crippen LogP contribution in [0, 0.1) is 6.92 Å². The molecule has 1 N–H and O–H groups in total. The second-order valence-corrected chi connectivity index (χ2v) is 7.92. The van der Waals surface area contributed by atoms with E-state index in [1.165, 1.54) is 19.2 Å². The Balaban J connectivity index is 1.63. The first kappa shape index (κ1) is 23.4. The van der Waals surface area contributed by atoms with Crippen LogP contribution in [0.25, 0.3) is 0 Å². The van der Waals surface area contributed by atoms with E-state index in [0.29, 0.717) is 24.3 Å². The molecule has 1 aliphatic heterocycles. The van der Waals surface area contributed by atoms with Crippen molar-refractivity contribution in [2.24, 2.45) is 0 Å². The SMILES string of the molecule is Cc1ccc(C2CCCN(C(=O)OCc3ccc(C(F)(F)F)cc3)C2)cc1N(C)C(=O)O. The Hall–Kier alpha value is -3.23. The number of aryl methyl sites for hydroxylation is 1. The summed E-state index contributed by atoms with van der Waals surface area (Å²) in [7, 11) is 1.49. The van der Waals surface area contributed by atoms with E-state index in [0.717, 1.165) is 41.0 Å². The number of amides is 2. The van der Waals surface area contributed by atoms with E-state index in [1.54, 1.807) is 4.90 Å². The summed E-state index contributed by atoms with van der Waals surface area (Å²) in [6.07, 6.45) is -4.38. The highest BCUT2D eigenvalue weighted by Gasteiger charge is 2.30. The van der Waals surface area contributed by atoms with Gasteiger partial charge in [-0.2, -0.15) is 13.2 Å². The number of carbonyl (C=O) groups excluding carboxylic acids is 1. The van der Waals surface area contributed by atoms with E-state index >= 15 is 0 Å². The summed E-state index contributed by atoms with van der Waals surface area (Å²) in [6.45, 7) is 2.67. The highest BCUT2D eigenvalue weighted by molar-refractivity contribution is 5.86. The Morgan fingerprint density at radius 2 is 1.88 bits per heavy atom. The average molecular weight is 450 g/mol. The van der Waals surface area contributed by atoms with Gasteiger partial charge in [-0.25, -0.2) is 9.59 Å². The van der Waals surface area contributed by atoms with Gasteiger partial charge in [0.25, 0.3) is 0 Å². The van der Waals surface area contributed by atoms with Crippen molar-refractivity contribution in [2.75, 3.05) is 25.0 Å². The van der Waals surface area contributed by atoms with Crippen LogP contribution in [0.2, 0.25) is 0 Å². The summed E-state index contributed by atoms with van der Waals surface area (Å²) in [5, 5.41) is 9.28. The van der Waals surface area contributed by atoms with Gasteiger partial charge < -0.3 is 14.7 Å². The van der Waals surface area contributed by atoms with Crippen LogP contribution in [0.4, 0.5) is 28.4 Å². The molecule has 172 valence electrons. The molecule has 0 radical (unpaired) electrons. The van der Waals surface area contributed by atoms with Gasteiger partial charge in [0.15, 0.2) is 0 Å². The first-order valence-corrected chi connectivity index (χ1v) is 10.2. The summed E-state index contributed by atoms with van der Waals surface area (Å²) in [4.78, 5) is 26.6. The fourth-order valence-corrected chi connectivity index (χ4v) is 3.79. The molecule has 3 rings (SSSR count). The number of hydrogen-bond acceptors (Lipinski definition) is 3. The largest absolute Gasteiger partial charge is 0.465 e. The fraction of sp³-hybridized carbons (Fsp3) is 0.391. The Bertz CT molecular complexity index is 976. The van der Waals surface area contributed by atoms with Crippen LogP contribution in [0.5, 0.6) is 0 Å². The molecule has 1 heterocycles. The van der Waals surface area contributed by atoms with Gasteiger partial charge in [-0.1, -0.05) is 24.3 Å². The number of hydrogen-bond donors (Lipinski definition) is 1. The van der Waals surface area contributed by atoms with E-state index in [4.69, 9.17) is 4.74 Å². The topological polar surface area (TPSA) is 70.1 Å². The highest BCUT2D eigenvalue weighted by Crippen LogP contribution is 2.32. The minimum Gasteiger partial charge on any atom is -0.465 e. The molecule has 1 saturated heterocycles. The van der Waals surface area contributed by atoms with Crippen LogP contribution >= 0.6 is 0 Å². The lowest BCUT2D eigenvalue weighted by Gasteiger charge is -2.33. The molecule has 0 bridgehead atoms. The summed E-state index contributed by atoms with van der Waals surface area (Å²) < 4.78 is 43.3. The number of anilines is 1. The summed E-state index contributed by atoms with van der Waals surface area (Å²) in [6, 6.07) is 10.2. The number of carbonyl (C=O) groups is 2. The van der Waals surface area contributed by atoms with E-state index in [-0.39, 0.29) is 12.5 Å². The fourth-order valence-electron chi connectivity index (χ4n) is 3.79. The van der Waals surface area contributed by atoms with Gasteiger partial charge in [0, 0.05) is 31.7 Å². The maximum atomic E-state index is 12.7. The van der Waals surface area contributed by atoms with Crippen molar-refractivity contribution < 1.29 is 32.6 Å². The Morgan fingerprint density at radius 1 is 1.19 bits per heavy atom. The summed E-state index contributed by atoms with van der Waals surface area (Å²) in [5.41, 5.74) is 2.09. The highest BCUT2D eigenvalue weighted by atomic mass is 19.4. The quantitative estimate of drug-likeness (QED) is 0.654. The number of ether oxygens (including phenoxy) is 1. The van der Waals surface area contributed by atoms with E-state index in [1.807, 2.05) is 25.1 Å². The molecule has 32 heavy (non-hydrogen) atoms. The molecule has 2 amide bonds. The van der Waals surface area contributed by atoms with Gasteiger partial charge in [-0.3, -0.25) is 4.90 Å². The van der Waals surface area contributed by atoms with Crippen molar-refractivity contribution in [1.82, 2.24) is 4.90 Å². The molecule has 1 aliphatic rings. The zero-order valence-electron chi connectivity index (χ0n) is 17.9. The minimum atomic E-state index is -4.41. The van der Waals surface area contributed by atoms with Crippen molar-refractivity contribution in [1.29, 1.82) is 0 Å². The number of rotatable bonds is 4. The summed E-state index contributed by atoms with van der Waals surface area (Å²) >= 11 is 0. The second kappa shape index (κ2) is 9.50. The Labute approximate surface area is 184 Å². The number of nitrogens with zero attached hydrogens (tertiary/aromatic N) is 2. The van der Waals surface area contributed by atoms with E-state index in [9.17, 15) is 27.9 Å². The molecule has 2 aromatic carbocycles. The number of halogens is 3. The molecule has 6 nitrogen and oxygen atoms in total. The third-order valence-electron chi connectivity index (χ3n) is 5.68. The third kappa shape index (κ3) is 5.52. The molecular weight excluding hydrogens is 425 g/mol. The number of likely N-dealkylation sites (tertiary alicyclic amines) is 1. The monoisotopic (exact) mass is 450 g/mol. The molecule has 0 saturated carbocycles. The van der Waals surface area contributed by atoms with Crippen LogP contribution in [-0.4, -0.2) is 42.3 Å². The first-order chi connectivity index (χ1) is 15.1. The number of alkyl halides is 3. The number of carboxylic acid groups (broad SMARTS) is 1. The van der Waals surface area contributed by atoms with Gasteiger partial charge in [0.05, 0.1) is 5.56 Å². The number of benzene rings is 2. The van der Waals surface area contributed by atoms with Crippen molar-refractivity contribution in [3.63, 3.8) is 0 Å². The van der Waals surface area contributed by atoms with Crippen LogP contribution in [0.1, 0.15) is 41.0 Å². The lowest BCUT2D eigenvalue weighted by molar-refractivity contribution is -0.137. The van der Waals surface area contributed by atoms with Crippen LogP contribution in [0.15, 0.2) is 42.5 Å². The maximum Gasteiger partial charge on any atom is 0.416 e. The van der Waals surface area contributed by atoms with Crippen molar-refractivity contribution in [2.45, 2.75) is 38.5 Å². The van der Waals surface area contributed by atoms with E-state index < -0.39 is 23.9 Å². The zero-order chi connectivity index (χ0) is 23.5. The standard InChI is InChI=1S/C23H25F3N2O4/c1-15-5-8-17(12-20(15)27(2)21(29)30)18-4-3-11-28(13-18)22(31)32-14-16-6-9-19(10-7-16)23(24,25)26/h5-10,12,18H,3-4,11,13-14H2,1-2H3,(H,29,30). The van der Waals surface area contributed by atoms with Crippen molar-refractivity contribution in [3.8, 4) is 0 Å². The van der Waals surface area contributed by atoms with Gasteiger partial charge in [0.1, 0.15) is 6.61 Å².